The van der Waals surface area contributed by atoms with Gasteiger partial charge in [0.1, 0.15) is 0 Å². The van der Waals surface area contributed by atoms with E-state index < -0.39 is 0 Å². The molecule has 62 heavy (non-hydrogen) atoms. The van der Waals surface area contributed by atoms with E-state index in [0.29, 0.717) is 0 Å². The molecule has 0 saturated carbocycles. The van der Waals surface area contributed by atoms with Crippen molar-refractivity contribution in [2.24, 2.45) is 0 Å². The fourth-order valence-electron chi connectivity index (χ4n) is 9.24. The molecule has 0 aliphatic carbocycles. The number of nitrogens with zero attached hydrogens (tertiary/aromatic N) is 2. The van der Waals surface area contributed by atoms with Crippen LogP contribution in [0.5, 0.6) is 0 Å². The molecule has 0 N–H and O–H groups in total. The number of rotatable bonds is 9. The lowest BCUT2D eigenvalue weighted by molar-refractivity contribution is 1.18. The minimum atomic E-state index is 1.07. The van der Waals surface area contributed by atoms with Crippen molar-refractivity contribution in [3.63, 3.8) is 0 Å². The van der Waals surface area contributed by atoms with Crippen molar-refractivity contribution in [2.45, 2.75) is 0 Å². The van der Waals surface area contributed by atoms with E-state index in [9.17, 15) is 0 Å². The Kier molecular flexibility index (Phi) is 9.57. The van der Waals surface area contributed by atoms with Crippen LogP contribution in [0.25, 0.3) is 83.1 Å². The number of hydrogen-bond donors (Lipinski definition) is 0. The van der Waals surface area contributed by atoms with Crippen LogP contribution in [-0.2, 0) is 0 Å². The van der Waals surface area contributed by atoms with Crippen LogP contribution in [0.1, 0.15) is 0 Å². The van der Waals surface area contributed by atoms with Crippen molar-refractivity contribution in [2.75, 3.05) is 4.90 Å². The van der Waals surface area contributed by atoms with E-state index in [4.69, 9.17) is 0 Å². The third kappa shape index (κ3) is 6.65. The second-order valence-electron chi connectivity index (χ2n) is 15.7. The molecule has 0 fully saturated rings. The summed E-state index contributed by atoms with van der Waals surface area (Å²) in [4.78, 5) is 2.51. The van der Waals surface area contributed by atoms with Gasteiger partial charge in [-0.25, -0.2) is 0 Å². The van der Waals surface area contributed by atoms with Crippen LogP contribution < -0.4 is 4.90 Å². The molecule has 0 bridgehead atoms. The summed E-state index contributed by atoms with van der Waals surface area (Å²) in [6.45, 7) is 0. The van der Waals surface area contributed by atoms with E-state index in [-0.39, 0.29) is 0 Å². The maximum absolute atomic E-state index is 2.51. The van der Waals surface area contributed by atoms with Crippen molar-refractivity contribution < 1.29 is 0 Å². The van der Waals surface area contributed by atoms with Crippen LogP contribution in [0.3, 0.4) is 0 Å². The first kappa shape index (κ1) is 36.8. The first-order valence-corrected chi connectivity index (χ1v) is 21.3. The summed E-state index contributed by atoms with van der Waals surface area (Å²) in [6.07, 6.45) is 0. The van der Waals surface area contributed by atoms with Gasteiger partial charge < -0.3 is 9.47 Å². The highest BCUT2D eigenvalue weighted by molar-refractivity contribution is 6.17. The average molecular weight is 791 g/mol. The van der Waals surface area contributed by atoms with Crippen LogP contribution in [0.4, 0.5) is 17.1 Å². The quantitative estimate of drug-likeness (QED) is 0.141. The maximum Gasteiger partial charge on any atom is 0.0562 e. The molecule has 0 unspecified atom stereocenters. The lowest BCUT2D eigenvalue weighted by atomic mass is 9.89. The normalized spacial score (nSPS) is 11.2. The molecular weight excluding hydrogens is 749 g/mol. The molecule has 2 heteroatoms. The molecule has 0 amide bonds. The standard InChI is InChI=1S/C60H42N2/c1-5-22-43(23-6-1)50-30-13-15-32-52(50)46-40-47(53-33-16-14-31-51(53)44-24-7-2-8-25-44)42-49(41-46)62(56-36-19-17-34-54(56)45-26-9-3-10-27-45)59-39-21-38-58-60(59)55-35-18-20-37-57(55)61(58)48-28-11-4-12-29-48/h1-42H. The predicted octanol–water partition coefficient (Wildman–Crippen LogP) is 16.6. The molecule has 0 aliphatic heterocycles. The average Bonchev–Trinajstić information content (AvgIpc) is 3.70. The summed E-state index contributed by atoms with van der Waals surface area (Å²) in [7, 11) is 0. The van der Waals surface area contributed by atoms with Gasteiger partial charge in [0.05, 0.1) is 22.4 Å². The van der Waals surface area contributed by atoms with E-state index in [0.717, 1.165) is 50.5 Å². The monoisotopic (exact) mass is 790 g/mol. The van der Waals surface area contributed by atoms with Gasteiger partial charge >= 0.3 is 0 Å². The Morgan fingerprint density at radius 3 is 1.24 bits per heavy atom. The fourth-order valence-corrected chi connectivity index (χ4v) is 9.24. The molecule has 1 aromatic heterocycles. The number of aromatic nitrogens is 1. The summed E-state index contributed by atoms with van der Waals surface area (Å²) in [5, 5.41) is 2.39. The van der Waals surface area contributed by atoms with E-state index in [2.05, 4.69) is 264 Å². The molecule has 2 nitrogen and oxygen atoms in total. The largest absolute Gasteiger partial charge is 0.309 e. The summed E-state index contributed by atoms with van der Waals surface area (Å²) < 4.78 is 2.41. The molecule has 11 rings (SSSR count). The van der Waals surface area contributed by atoms with E-state index in [1.54, 1.807) is 0 Å². The number of fused-ring (bicyclic) bond motifs is 3. The molecule has 0 radical (unpaired) electrons. The van der Waals surface area contributed by atoms with E-state index >= 15 is 0 Å². The SMILES string of the molecule is c1ccc(-c2ccccc2-c2cc(-c3ccccc3-c3ccccc3)cc(N(c3ccccc3-c3ccccc3)c3cccc4c3c3ccccc3n4-c3ccccc3)c2)cc1. The molecule has 1 heterocycles. The van der Waals surface area contributed by atoms with Gasteiger partial charge in [-0.3, -0.25) is 0 Å². The second kappa shape index (κ2) is 16.1. The lowest BCUT2D eigenvalue weighted by Gasteiger charge is -2.30. The van der Waals surface area contributed by atoms with E-state index in [1.165, 1.54) is 49.7 Å². The zero-order chi connectivity index (χ0) is 41.2. The molecule has 0 atom stereocenters. The van der Waals surface area contributed by atoms with Crippen molar-refractivity contribution in [1.29, 1.82) is 0 Å². The zero-order valence-electron chi connectivity index (χ0n) is 34.1. The summed E-state index contributed by atoms with van der Waals surface area (Å²) >= 11 is 0. The highest BCUT2D eigenvalue weighted by Crippen LogP contribution is 2.49. The van der Waals surface area contributed by atoms with Gasteiger partial charge in [-0.2, -0.15) is 0 Å². The second-order valence-corrected chi connectivity index (χ2v) is 15.7. The van der Waals surface area contributed by atoms with Gasteiger partial charge in [-0.05, 0) is 105 Å². The van der Waals surface area contributed by atoms with Gasteiger partial charge in [0, 0.05) is 27.7 Å². The molecule has 0 spiro atoms. The molecule has 292 valence electrons. The minimum absolute atomic E-state index is 1.07. The van der Waals surface area contributed by atoms with Gasteiger partial charge in [0.15, 0.2) is 0 Å². The fraction of sp³-hybridized carbons (Fsp3) is 0. The van der Waals surface area contributed by atoms with Crippen LogP contribution in [0, 0.1) is 0 Å². The minimum Gasteiger partial charge on any atom is -0.309 e. The molecular formula is C60H42N2. The lowest BCUT2D eigenvalue weighted by Crippen LogP contribution is -2.12. The van der Waals surface area contributed by atoms with Crippen LogP contribution in [0.15, 0.2) is 255 Å². The van der Waals surface area contributed by atoms with Crippen molar-refractivity contribution in [1.82, 2.24) is 4.57 Å². The zero-order valence-corrected chi connectivity index (χ0v) is 34.1. The van der Waals surface area contributed by atoms with Crippen LogP contribution in [-0.4, -0.2) is 4.57 Å². The first-order valence-electron chi connectivity index (χ1n) is 21.3. The Balaban J connectivity index is 1.26. The smallest absolute Gasteiger partial charge is 0.0562 e. The van der Waals surface area contributed by atoms with E-state index in [1.807, 2.05) is 0 Å². The molecule has 0 saturated heterocycles. The van der Waals surface area contributed by atoms with Crippen molar-refractivity contribution in [3.8, 4) is 61.3 Å². The Labute approximate surface area is 362 Å². The highest BCUT2D eigenvalue weighted by atomic mass is 15.2. The Hall–Kier alpha value is -8.20. The number of anilines is 3. The van der Waals surface area contributed by atoms with Crippen molar-refractivity contribution in [3.05, 3.63) is 255 Å². The summed E-state index contributed by atoms with van der Waals surface area (Å²) in [6, 6.07) is 92.3. The predicted molar refractivity (Wildman–Crippen MR) is 263 cm³/mol. The van der Waals surface area contributed by atoms with Gasteiger partial charge in [-0.15, -0.1) is 0 Å². The first-order chi connectivity index (χ1) is 30.8. The van der Waals surface area contributed by atoms with Crippen molar-refractivity contribution >= 4 is 38.9 Å². The van der Waals surface area contributed by atoms with Crippen LogP contribution >= 0.6 is 0 Å². The third-order valence-corrected chi connectivity index (χ3v) is 12.0. The Morgan fingerprint density at radius 2 is 0.677 bits per heavy atom. The third-order valence-electron chi connectivity index (χ3n) is 12.0. The van der Waals surface area contributed by atoms with Gasteiger partial charge in [0.2, 0.25) is 0 Å². The number of hydrogen-bond acceptors (Lipinski definition) is 1. The highest BCUT2D eigenvalue weighted by Gasteiger charge is 2.25. The van der Waals surface area contributed by atoms with Gasteiger partial charge in [-0.1, -0.05) is 200 Å². The van der Waals surface area contributed by atoms with Crippen LogP contribution in [0.2, 0.25) is 0 Å². The Morgan fingerprint density at radius 1 is 0.274 bits per heavy atom. The Bertz CT molecular complexity index is 3230. The topological polar surface area (TPSA) is 8.17 Å². The molecule has 11 aromatic rings. The molecule has 10 aromatic carbocycles. The number of para-hydroxylation sites is 3. The number of benzene rings is 10. The molecule has 0 aliphatic rings. The van der Waals surface area contributed by atoms with Gasteiger partial charge in [0.25, 0.3) is 0 Å². The summed E-state index contributed by atoms with van der Waals surface area (Å²) in [5.74, 6) is 0. The summed E-state index contributed by atoms with van der Waals surface area (Å²) in [5.41, 5.74) is 18.4. The maximum atomic E-state index is 2.51.